The summed E-state index contributed by atoms with van der Waals surface area (Å²) in [4.78, 5) is 21.8. The molecule has 2 saturated heterocycles. The van der Waals surface area contributed by atoms with Crippen LogP contribution in [-0.4, -0.2) is 57.7 Å². The lowest BCUT2D eigenvalue weighted by molar-refractivity contribution is -0.547. The first-order valence-electron chi connectivity index (χ1n) is 7.49. The van der Waals surface area contributed by atoms with Crippen LogP contribution in [0.1, 0.15) is 27.7 Å². The summed E-state index contributed by atoms with van der Waals surface area (Å²) in [6.07, 6.45) is -1.54. The second kappa shape index (κ2) is 6.72. The van der Waals surface area contributed by atoms with Gasteiger partial charge in [-0.15, -0.1) is 0 Å². The van der Waals surface area contributed by atoms with E-state index in [0.717, 1.165) is 0 Å². The lowest BCUT2D eigenvalue weighted by Gasteiger charge is -2.47. The molecule has 8 heteroatoms. The van der Waals surface area contributed by atoms with Gasteiger partial charge < -0.3 is 28.4 Å². The third kappa shape index (κ3) is 4.87. The first-order chi connectivity index (χ1) is 10.7. The van der Waals surface area contributed by atoms with E-state index in [-0.39, 0.29) is 51.6 Å². The maximum absolute atomic E-state index is 10.9. The van der Waals surface area contributed by atoms with Crippen LogP contribution >= 0.6 is 0 Å². The van der Waals surface area contributed by atoms with Crippen LogP contribution in [-0.2, 0) is 38.0 Å². The normalized spacial score (nSPS) is 37.4. The van der Waals surface area contributed by atoms with E-state index in [1.807, 2.05) is 13.8 Å². The first-order valence-corrected chi connectivity index (χ1v) is 7.49. The van der Waals surface area contributed by atoms with Gasteiger partial charge in [0.05, 0.1) is 26.4 Å². The van der Waals surface area contributed by atoms with E-state index in [0.29, 0.717) is 0 Å². The van der Waals surface area contributed by atoms with Crippen LogP contribution in [0.3, 0.4) is 0 Å². The van der Waals surface area contributed by atoms with Gasteiger partial charge in [0.2, 0.25) is 0 Å². The zero-order chi connectivity index (χ0) is 17.1. The van der Waals surface area contributed by atoms with Crippen LogP contribution in [0.25, 0.3) is 0 Å². The Hall–Kier alpha value is -1.22. The Labute approximate surface area is 135 Å². The van der Waals surface area contributed by atoms with Gasteiger partial charge in [0.1, 0.15) is 13.2 Å². The van der Waals surface area contributed by atoms with E-state index in [1.165, 1.54) is 13.8 Å². The van der Waals surface area contributed by atoms with E-state index in [4.69, 9.17) is 28.4 Å². The monoisotopic (exact) mass is 332 g/mol. The molecule has 0 aromatic rings. The summed E-state index contributed by atoms with van der Waals surface area (Å²) < 4.78 is 32.5. The predicted molar refractivity (Wildman–Crippen MR) is 76.0 cm³/mol. The molecule has 8 nitrogen and oxygen atoms in total. The van der Waals surface area contributed by atoms with Gasteiger partial charge in [-0.1, -0.05) is 13.8 Å². The number of esters is 2. The Kier molecular flexibility index (Phi) is 5.30. The fourth-order valence-corrected chi connectivity index (χ4v) is 2.10. The molecule has 0 aromatic heterocycles. The highest BCUT2D eigenvalue weighted by molar-refractivity contribution is 5.66. The van der Waals surface area contributed by atoms with E-state index in [9.17, 15) is 9.59 Å². The molecule has 1 spiro atoms. The standard InChI is InChI=1S/C15H24O8/c1-11(16)18-5-13(3)7-20-15(21-8-13)22-9-14(4,10-23-15)6-19-12(2)17/h5-10H2,1-4H3. The average Bonchev–Trinajstić information content (AvgIpc) is 2.50. The fraction of sp³-hybridized carbons (Fsp3) is 0.867. The Morgan fingerprint density at radius 1 is 0.783 bits per heavy atom. The molecule has 0 saturated carbocycles. The van der Waals surface area contributed by atoms with Crippen molar-refractivity contribution in [2.24, 2.45) is 10.8 Å². The molecule has 0 N–H and O–H groups in total. The molecule has 0 aromatic carbocycles. The largest absolute Gasteiger partial charge is 0.465 e. The van der Waals surface area contributed by atoms with Gasteiger partial charge in [-0.05, 0) is 0 Å². The van der Waals surface area contributed by atoms with Gasteiger partial charge in [-0.3, -0.25) is 9.59 Å². The zero-order valence-electron chi connectivity index (χ0n) is 14.0. The molecule has 0 amide bonds. The molecule has 0 bridgehead atoms. The molecular weight excluding hydrogens is 308 g/mol. The van der Waals surface area contributed by atoms with Crippen LogP contribution in [0, 0.1) is 10.8 Å². The van der Waals surface area contributed by atoms with Crippen LogP contribution in [0.5, 0.6) is 0 Å². The molecule has 0 radical (unpaired) electrons. The Morgan fingerprint density at radius 2 is 1.09 bits per heavy atom. The molecule has 132 valence electrons. The van der Waals surface area contributed by atoms with Crippen LogP contribution in [0.2, 0.25) is 0 Å². The minimum atomic E-state index is -1.54. The van der Waals surface area contributed by atoms with E-state index < -0.39 is 17.0 Å². The summed E-state index contributed by atoms with van der Waals surface area (Å²) in [5, 5.41) is 0. The molecule has 0 unspecified atom stereocenters. The van der Waals surface area contributed by atoms with Gasteiger partial charge >= 0.3 is 18.1 Å². The molecule has 2 aliphatic rings. The molecule has 0 aliphatic carbocycles. The number of carbonyl (C=O) groups is 2. The van der Waals surface area contributed by atoms with Crippen molar-refractivity contribution in [3.63, 3.8) is 0 Å². The number of hydrogen-bond acceptors (Lipinski definition) is 8. The van der Waals surface area contributed by atoms with Gasteiger partial charge in [-0.2, -0.15) is 0 Å². The van der Waals surface area contributed by atoms with Crippen molar-refractivity contribution in [3.05, 3.63) is 0 Å². The molecule has 2 fully saturated rings. The summed E-state index contributed by atoms with van der Waals surface area (Å²) >= 11 is 0. The van der Waals surface area contributed by atoms with Crippen molar-refractivity contribution in [1.82, 2.24) is 0 Å². The van der Waals surface area contributed by atoms with Crippen LogP contribution in [0.4, 0.5) is 0 Å². The minimum absolute atomic E-state index is 0.197. The highest BCUT2D eigenvalue weighted by atomic mass is 17.0. The van der Waals surface area contributed by atoms with Crippen molar-refractivity contribution < 1.29 is 38.0 Å². The molecule has 2 heterocycles. The molecule has 23 heavy (non-hydrogen) atoms. The Balaban J connectivity index is 1.83. The molecule has 2 rings (SSSR count). The lowest BCUT2D eigenvalue weighted by Crippen LogP contribution is -2.58. The third-order valence-corrected chi connectivity index (χ3v) is 3.64. The smallest absolute Gasteiger partial charge is 0.412 e. The molecule has 2 aliphatic heterocycles. The van der Waals surface area contributed by atoms with Gasteiger partial charge in [-0.25, -0.2) is 0 Å². The van der Waals surface area contributed by atoms with Gasteiger partial charge in [0.25, 0.3) is 0 Å². The van der Waals surface area contributed by atoms with Crippen molar-refractivity contribution in [2.75, 3.05) is 39.6 Å². The molecular formula is C15H24O8. The van der Waals surface area contributed by atoms with Crippen molar-refractivity contribution in [2.45, 2.75) is 33.9 Å². The van der Waals surface area contributed by atoms with Crippen molar-refractivity contribution >= 4 is 11.9 Å². The van der Waals surface area contributed by atoms with E-state index in [2.05, 4.69) is 0 Å². The summed E-state index contributed by atoms with van der Waals surface area (Å²) in [6.45, 7) is 7.93. The fourth-order valence-electron chi connectivity index (χ4n) is 2.10. The van der Waals surface area contributed by atoms with Crippen molar-refractivity contribution in [1.29, 1.82) is 0 Å². The highest BCUT2D eigenvalue weighted by Crippen LogP contribution is 2.37. The number of rotatable bonds is 4. The second-order valence-corrected chi connectivity index (χ2v) is 6.84. The van der Waals surface area contributed by atoms with Gasteiger partial charge in [0, 0.05) is 24.7 Å². The van der Waals surface area contributed by atoms with E-state index >= 15 is 0 Å². The first kappa shape index (κ1) is 18.1. The molecule has 0 atom stereocenters. The Bertz CT molecular complexity index is 399. The number of hydrogen-bond donors (Lipinski definition) is 0. The zero-order valence-corrected chi connectivity index (χ0v) is 14.0. The Morgan fingerprint density at radius 3 is 1.35 bits per heavy atom. The maximum atomic E-state index is 10.9. The number of ether oxygens (including phenoxy) is 6. The van der Waals surface area contributed by atoms with Crippen LogP contribution < -0.4 is 0 Å². The van der Waals surface area contributed by atoms with Crippen LogP contribution in [0.15, 0.2) is 0 Å². The minimum Gasteiger partial charge on any atom is -0.465 e. The number of carbonyl (C=O) groups excluding carboxylic acids is 2. The topological polar surface area (TPSA) is 89.5 Å². The summed E-state index contributed by atoms with van der Waals surface area (Å²) in [5.41, 5.74) is -0.912. The lowest BCUT2D eigenvalue weighted by atomic mass is 9.93. The summed E-state index contributed by atoms with van der Waals surface area (Å²) in [7, 11) is 0. The SMILES string of the molecule is CC(=O)OCC1(C)COC2(OC1)OCC(C)(COC(C)=O)CO2. The van der Waals surface area contributed by atoms with Crippen molar-refractivity contribution in [3.8, 4) is 0 Å². The maximum Gasteiger partial charge on any atom is 0.412 e. The summed E-state index contributed by atoms with van der Waals surface area (Å²) in [5.74, 6) is -0.698. The van der Waals surface area contributed by atoms with E-state index in [1.54, 1.807) is 0 Å². The average molecular weight is 332 g/mol. The highest BCUT2D eigenvalue weighted by Gasteiger charge is 2.51. The van der Waals surface area contributed by atoms with Gasteiger partial charge in [0.15, 0.2) is 0 Å². The quantitative estimate of drug-likeness (QED) is 0.699. The predicted octanol–water partition coefficient (Wildman–Crippen LogP) is 0.830. The summed E-state index contributed by atoms with van der Waals surface area (Å²) in [6, 6.07) is 0. The second-order valence-electron chi connectivity index (χ2n) is 6.84. The third-order valence-electron chi connectivity index (χ3n) is 3.64.